The van der Waals surface area contributed by atoms with Crippen molar-refractivity contribution >= 4 is 35.4 Å². The van der Waals surface area contributed by atoms with Crippen LogP contribution >= 0.6 is 11.6 Å². The molecule has 1 aromatic heterocycles. The van der Waals surface area contributed by atoms with Crippen LogP contribution in [0, 0.1) is 0 Å². The molecule has 0 saturated heterocycles. The average Bonchev–Trinajstić information content (AvgIpc) is 2.34. The van der Waals surface area contributed by atoms with Crippen molar-refractivity contribution in [2.75, 3.05) is 11.1 Å². The van der Waals surface area contributed by atoms with E-state index in [1.165, 1.54) is 0 Å². The molecule has 0 atom stereocenters. The number of aliphatic imine (C=N–C) groups is 1. The van der Waals surface area contributed by atoms with Gasteiger partial charge in [0.1, 0.15) is 0 Å². The summed E-state index contributed by atoms with van der Waals surface area (Å²) in [6.45, 7) is 0. The highest BCUT2D eigenvalue weighted by Gasteiger charge is 2.26. The molecule has 5 nitrogen and oxygen atoms in total. The zero-order valence-electron chi connectivity index (χ0n) is 5.30. The van der Waals surface area contributed by atoms with E-state index in [1.54, 1.807) is 0 Å². The Kier molecular flexibility index (Phi) is 1.15. The predicted molar refractivity (Wildman–Crippen MR) is 42.2 cm³/mol. The smallest absolute Gasteiger partial charge is 0.321 e. The molecule has 1 aliphatic heterocycles. The summed E-state index contributed by atoms with van der Waals surface area (Å²) in [6.07, 6.45) is 2.49. The summed E-state index contributed by atoms with van der Waals surface area (Å²) in [6, 6.07) is 0. The Hall–Kier alpha value is -1.45. The maximum atomic E-state index is 5.67. The number of aromatic nitrogens is 2. The number of hydrogen-bond donors (Lipinski definition) is 2. The monoisotopic (exact) mass is 168 g/mol. The number of nitrogens with two attached hydrogens (primary N) is 1. The van der Waals surface area contributed by atoms with Crippen molar-refractivity contribution < 1.29 is 0 Å². The fraction of sp³-hybridized carbons (Fsp3) is 0. The largest absolute Gasteiger partial charge is 0.367 e. The van der Waals surface area contributed by atoms with E-state index >= 15 is 0 Å². The molecule has 3 N–H and O–H groups in total. The van der Waals surface area contributed by atoms with Crippen LogP contribution in [0.25, 0.3) is 0 Å². The van der Waals surface area contributed by atoms with Gasteiger partial charge in [0, 0.05) is 0 Å². The van der Waals surface area contributed by atoms with Crippen molar-refractivity contribution in [1.82, 2.24) is 9.97 Å². The topological polar surface area (TPSA) is 76.2 Å². The second kappa shape index (κ2) is 2.02. The van der Waals surface area contributed by atoms with Gasteiger partial charge in [-0.05, 0) is 16.6 Å². The molecule has 1 aliphatic rings. The van der Waals surface area contributed by atoms with E-state index in [1.807, 2.05) is 0 Å². The van der Waals surface area contributed by atoms with E-state index < -0.39 is 0 Å². The summed E-state index contributed by atoms with van der Waals surface area (Å²) in [4.78, 5) is 11.3. The summed E-state index contributed by atoms with van der Waals surface area (Å²) in [5.74, 6) is 0.627. The van der Waals surface area contributed by atoms with E-state index in [0.717, 1.165) is 0 Å². The molecule has 0 bridgehead atoms. The van der Waals surface area contributed by atoms with Crippen LogP contribution in [0.1, 0.15) is 0 Å². The second-order valence-corrected chi connectivity index (χ2v) is 2.28. The maximum Gasteiger partial charge on any atom is 0.321 e. The van der Waals surface area contributed by atoms with Crippen molar-refractivity contribution in [2.24, 2.45) is 4.99 Å². The predicted octanol–water partition coefficient (Wildman–Crippen LogP) is 0.674. The molecule has 2 rings (SSSR count). The van der Waals surface area contributed by atoms with E-state index in [0.29, 0.717) is 11.5 Å². The Bertz CT molecular complexity index is 334. The number of nitrogens with one attached hydrogen (secondary N) is 1. The number of nitrogen functional groups attached to an aromatic ring is 1. The van der Waals surface area contributed by atoms with Gasteiger partial charge in [0.25, 0.3) is 6.34 Å². The summed E-state index contributed by atoms with van der Waals surface area (Å²) >= 11 is 5.67. The Morgan fingerprint density at radius 3 is 3.09 bits per heavy atom. The van der Waals surface area contributed by atoms with E-state index in [4.69, 9.17) is 17.3 Å². The summed E-state index contributed by atoms with van der Waals surface area (Å²) in [5.41, 5.74) is 5.80. The molecule has 0 aromatic carbocycles. The molecule has 0 unspecified atom stereocenters. The lowest BCUT2D eigenvalue weighted by Gasteiger charge is -1.89. The van der Waals surface area contributed by atoms with Gasteiger partial charge in [0.2, 0.25) is 11.1 Å². The van der Waals surface area contributed by atoms with Crippen molar-refractivity contribution in [1.29, 1.82) is 0 Å². The van der Waals surface area contributed by atoms with Crippen LogP contribution < -0.4 is 11.1 Å². The van der Waals surface area contributed by atoms with Gasteiger partial charge in [-0.15, -0.1) is 4.98 Å². The Morgan fingerprint density at radius 2 is 2.27 bits per heavy atom. The summed E-state index contributed by atoms with van der Waals surface area (Å²) in [7, 11) is 0. The van der Waals surface area contributed by atoms with Crippen molar-refractivity contribution in [2.45, 2.75) is 0 Å². The highest BCUT2D eigenvalue weighted by Crippen LogP contribution is 2.32. The molecule has 0 fully saturated rings. The molecule has 0 spiro atoms. The van der Waals surface area contributed by atoms with Gasteiger partial charge in [0.15, 0.2) is 0 Å². The number of rotatable bonds is 0. The zero-order chi connectivity index (χ0) is 7.84. The van der Waals surface area contributed by atoms with E-state index in [-0.39, 0.29) is 11.1 Å². The molecular formula is C5H3ClN5+. The third-order valence-corrected chi connectivity index (χ3v) is 1.46. The third-order valence-electron chi connectivity index (χ3n) is 1.20. The van der Waals surface area contributed by atoms with E-state index in [9.17, 15) is 0 Å². The number of anilines is 2. The van der Waals surface area contributed by atoms with Gasteiger partial charge < -0.3 is 5.73 Å². The minimum absolute atomic E-state index is 0.125. The molecule has 2 heterocycles. The molecule has 0 aliphatic carbocycles. The molecule has 0 saturated carbocycles. The number of halogens is 1. The van der Waals surface area contributed by atoms with Crippen molar-refractivity contribution in [3.8, 4) is 0 Å². The number of nitrogens with zero attached hydrogens (tertiary/aromatic N) is 3. The first-order chi connectivity index (χ1) is 5.27. The molecule has 1 aromatic rings. The van der Waals surface area contributed by atoms with Gasteiger partial charge in [-0.3, -0.25) is 0 Å². The Labute approximate surface area is 67.3 Å². The highest BCUT2D eigenvalue weighted by atomic mass is 35.5. The van der Waals surface area contributed by atoms with Crippen LogP contribution in [0.3, 0.4) is 0 Å². The first-order valence-electron chi connectivity index (χ1n) is 2.82. The van der Waals surface area contributed by atoms with Gasteiger partial charge in [0.05, 0.1) is 0 Å². The second-order valence-electron chi connectivity index (χ2n) is 1.92. The zero-order valence-corrected chi connectivity index (χ0v) is 6.05. The molecule has 6 heteroatoms. The van der Waals surface area contributed by atoms with Gasteiger partial charge in [-0.1, -0.05) is 0 Å². The van der Waals surface area contributed by atoms with Crippen LogP contribution in [-0.2, 0) is 0 Å². The quantitative estimate of drug-likeness (QED) is 0.441. The molecular weight excluding hydrogens is 166 g/mol. The Balaban J connectivity index is 2.67. The average molecular weight is 169 g/mol. The van der Waals surface area contributed by atoms with Crippen LogP contribution in [0.5, 0.6) is 0 Å². The fourth-order valence-electron chi connectivity index (χ4n) is 0.767. The SMILES string of the molecule is Nc1nc(Cl)c2c(n1)N[C+]=N2. The highest BCUT2D eigenvalue weighted by molar-refractivity contribution is 6.32. The molecule has 54 valence electrons. The van der Waals surface area contributed by atoms with Crippen LogP contribution in [0.2, 0.25) is 5.15 Å². The van der Waals surface area contributed by atoms with Gasteiger partial charge in [-0.25, -0.2) is 0 Å². The van der Waals surface area contributed by atoms with Gasteiger partial charge in [-0.2, -0.15) is 10.3 Å². The van der Waals surface area contributed by atoms with E-state index in [2.05, 4.69) is 26.6 Å². The number of hydrogen-bond acceptors (Lipinski definition) is 5. The molecule has 0 radical (unpaired) electrons. The van der Waals surface area contributed by atoms with Crippen LogP contribution in [0.4, 0.5) is 17.5 Å². The summed E-state index contributed by atoms with van der Waals surface area (Å²) < 4.78 is 0. The number of fused-ring (bicyclic) bond motifs is 1. The lowest BCUT2D eigenvalue weighted by molar-refractivity contribution is 1.19. The standard InChI is InChI=1S/C5H3ClN5/c6-3-2-4(9-1-8-2)11-5(7)10-3/h(H3,7,8,9,10,11)/q+1. The summed E-state index contributed by atoms with van der Waals surface area (Å²) in [5, 5.41) is 2.89. The Morgan fingerprint density at radius 1 is 1.45 bits per heavy atom. The van der Waals surface area contributed by atoms with Crippen LogP contribution in [0.15, 0.2) is 4.99 Å². The normalized spacial score (nSPS) is 12.1. The maximum absolute atomic E-state index is 5.67. The minimum atomic E-state index is 0.125. The molecule has 11 heavy (non-hydrogen) atoms. The lowest BCUT2D eigenvalue weighted by atomic mass is 10.5. The molecule has 0 amide bonds. The van der Waals surface area contributed by atoms with Crippen molar-refractivity contribution in [3.05, 3.63) is 5.15 Å². The minimum Gasteiger partial charge on any atom is -0.367 e. The fourth-order valence-corrected chi connectivity index (χ4v) is 0.985. The van der Waals surface area contributed by atoms with Crippen LogP contribution in [-0.4, -0.2) is 16.3 Å². The van der Waals surface area contributed by atoms with Crippen molar-refractivity contribution in [3.63, 3.8) is 0 Å². The third kappa shape index (κ3) is 0.869. The van der Waals surface area contributed by atoms with Gasteiger partial charge >= 0.3 is 11.5 Å². The first kappa shape index (κ1) is 6.27. The first-order valence-corrected chi connectivity index (χ1v) is 3.20. The lowest BCUT2D eigenvalue weighted by Crippen LogP contribution is -1.98.